The number of halogens is 3. The van der Waals surface area contributed by atoms with Crippen LogP contribution in [0.2, 0.25) is 0 Å². The second-order valence-electron chi connectivity index (χ2n) is 10.5. The topological polar surface area (TPSA) is 115 Å². The van der Waals surface area contributed by atoms with Gasteiger partial charge < -0.3 is 20.6 Å². The fourth-order valence-corrected chi connectivity index (χ4v) is 4.68. The number of aromatic nitrogens is 4. The molecule has 14 heteroatoms. The predicted molar refractivity (Wildman–Crippen MR) is 160 cm³/mol. The van der Waals surface area contributed by atoms with Crippen LogP contribution in [0.4, 0.5) is 42.0 Å². The van der Waals surface area contributed by atoms with Crippen LogP contribution < -0.4 is 15.5 Å². The van der Waals surface area contributed by atoms with Crippen molar-refractivity contribution in [3.63, 3.8) is 0 Å². The second-order valence-corrected chi connectivity index (χ2v) is 10.5. The van der Waals surface area contributed by atoms with Crippen LogP contribution >= 0.6 is 0 Å². The first-order valence-corrected chi connectivity index (χ1v) is 13.7. The summed E-state index contributed by atoms with van der Waals surface area (Å²) in [7, 11) is 3.81. The summed E-state index contributed by atoms with van der Waals surface area (Å²) in [5.74, 6) is 0.213. The maximum absolute atomic E-state index is 12.8. The van der Waals surface area contributed by atoms with Gasteiger partial charge in [0, 0.05) is 55.0 Å². The molecule has 3 heterocycles. The molecule has 11 nitrogen and oxygen atoms in total. The standard InChI is InChI=1S/C30H32F3N9O2/c1-39(2)13-7-12-26(43)36-23-10-6-11-25(14-23)42-27-22(18-40(29(42)44)17-21-8-4-3-5-9-21)15-34-28(38-27)37-24-16-35-41(19-24)20-30(31,32)33/h3-12,14-16,19,29,44H,13,17-18,20H2,1-2H3,(H,36,43)(H,34,37,38)/b12-7+. The highest BCUT2D eigenvalue weighted by atomic mass is 19.4. The van der Waals surface area contributed by atoms with E-state index in [4.69, 9.17) is 0 Å². The van der Waals surface area contributed by atoms with Crippen molar-refractivity contribution in [2.45, 2.75) is 32.2 Å². The number of likely N-dealkylation sites (N-methyl/N-ethyl adjacent to an activating group) is 1. The van der Waals surface area contributed by atoms with Gasteiger partial charge in [-0.1, -0.05) is 42.5 Å². The number of rotatable bonds is 10. The Labute approximate surface area is 252 Å². The van der Waals surface area contributed by atoms with E-state index in [9.17, 15) is 23.1 Å². The lowest BCUT2D eigenvalue weighted by molar-refractivity contribution is -0.142. The largest absolute Gasteiger partial charge is 0.408 e. The molecule has 1 aliphatic rings. The van der Waals surface area contributed by atoms with Crippen LogP contribution in [0.3, 0.4) is 0 Å². The van der Waals surface area contributed by atoms with Crippen LogP contribution in [0.1, 0.15) is 11.1 Å². The quantitative estimate of drug-likeness (QED) is 0.225. The third-order valence-corrected chi connectivity index (χ3v) is 6.59. The minimum Gasteiger partial charge on any atom is -0.360 e. The van der Waals surface area contributed by atoms with Crippen LogP contribution in [0, 0.1) is 0 Å². The van der Waals surface area contributed by atoms with Gasteiger partial charge in [-0.3, -0.25) is 19.3 Å². The maximum atomic E-state index is 12.8. The molecule has 0 aliphatic carbocycles. The first-order valence-electron chi connectivity index (χ1n) is 13.7. The number of nitrogens with one attached hydrogen (secondary N) is 2. The third kappa shape index (κ3) is 7.98. The van der Waals surface area contributed by atoms with Crippen LogP contribution in [0.5, 0.6) is 0 Å². The first-order chi connectivity index (χ1) is 21.0. The van der Waals surface area contributed by atoms with Crippen molar-refractivity contribution in [2.75, 3.05) is 36.2 Å². The smallest absolute Gasteiger partial charge is 0.360 e. The number of nitrogens with zero attached hydrogens (tertiary/aromatic N) is 7. The highest BCUT2D eigenvalue weighted by molar-refractivity contribution is 5.99. The number of benzene rings is 2. The molecule has 0 bridgehead atoms. The predicted octanol–water partition coefficient (Wildman–Crippen LogP) is 4.47. The van der Waals surface area contributed by atoms with E-state index in [-0.39, 0.29) is 17.5 Å². The van der Waals surface area contributed by atoms with Gasteiger partial charge in [-0.15, -0.1) is 0 Å². The van der Waals surface area contributed by atoms with E-state index >= 15 is 0 Å². The molecule has 0 radical (unpaired) electrons. The number of amides is 1. The molecule has 1 amide bonds. The molecule has 0 spiro atoms. The van der Waals surface area contributed by atoms with E-state index in [1.54, 1.807) is 41.4 Å². The van der Waals surface area contributed by atoms with Gasteiger partial charge in [0.25, 0.3) is 0 Å². The zero-order valence-corrected chi connectivity index (χ0v) is 24.1. The van der Waals surface area contributed by atoms with Crippen LogP contribution in [0.25, 0.3) is 0 Å². The number of hydrogen-bond donors (Lipinski definition) is 3. The first kappa shape index (κ1) is 30.7. The molecular formula is C30H32F3N9O2. The van der Waals surface area contributed by atoms with Gasteiger partial charge in [-0.2, -0.15) is 23.3 Å². The fraction of sp³-hybridized carbons (Fsp3) is 0.267. The number of carbonyl (C=O) groups excluding carboxylic acids is 1. The second kappa shape index (κ2) is 13.2. The lowest BCUT2D eigenvalue weighted by atomic mass is 10.1. The molecule has 0 saturated heterocycles. The summed E-state index contributed by atoms with van der Waals surface area (Å²) in [6, 6.07) is 16.7. The molecule has 2 aromatic carbocycles. The van der Waals surface area contributed by atoms with Gasteiger partial charge in [0.1, 0.15) is 12.4 Å². The highest BCUT2D eigenvalue weighted by Gasteiger charge is 2.34. The van der Waals surface area contributed by atoms with Gasteiger partial charge in [0.05, 0.1) is 11.9 Å². The van der Waals surface area contributed by atoms with E-state index in [1.807, 2.05) is 54.2 Å². The Morgan fingerprint density at radius 2 is 1.91 bits per heavy atom. The minimum absolute atomic E-state index is 0.111. The lowest BCUT2D eigenvalue weighted by Crippen LogP contribution is -2.49. The number of hydrogen-bond acceptors (Lipinski definition) is 9. The average Bonchev–Trinajstić information content (AvgIpc) is 3.39. The summed E-state index contributed by atoms with van der Waals surface area (Å²) in [5, 5.41) is 21.2. The van der Waals surface area contributed by atoms with Gasteiger partial charge in [-0.05, 0) is 37.9 Å². The third-order valence-electron chi connectivity index (χ3n) is 6.59. The summed E-state index contributed by atoms with van der Waals surface area (Å²) in [4.78, 5) is 26.9. The molecule has 4 aromatic rings. The van der Waals surface area contributed by atoms with Gasteiger partial charge in [0.15, 0.2) is 6.35 Å². The van der Waals surface area contributed by atoms with Crippen LogP contribution in [-0.4, -0.2) is 73.7 Å². The molecular weight excluding hydrogens is 575 g/mol. The number of carbonyl (C=O) groups is 1. The average molecular weight is 608 g/mol. The molecule has 1 aliphatic heterocycles. The molecule has 0 fully saturated rings. The summed E-state index contributed by atoms with van der Waals surface area (Å²) in [6.07, 6.45) is 1.73. The van der Waals surface area contributed by atoms with Gasteiger partial charge in [-0.25, -0.2) is 4.98 Å². The van der Waals surface area contributed by atoms with E-state index in [2.05, 4.69) is 25.7 Å². The molecule has 2 aromatic heterocycles. The Morgan fingerprint density at radius 3 is 2.66 bits per heavy atom. The number of aliphatic hydroxyl groups is 1. The lowest BCUT2D eigenvalue weighted by Gasteiger charge is -2.42. The fourth-order valence-electron chi connectivity index (χ4n) is 4.68. The summed E-state index contributed by atoms with van der Waals surface area (Å²) >= 11 is 0. The number of alkyl halides is 3. The van der Waals surface area contributed by atoms with Crippen molar-refractivity contribution in [1.29, 1.82) is 0 Å². The van der Waals surface area contributed by atoms with E-state index in [0.717, 1.165) is 10.2 Å². The number of fused-ring (bicyclic) bond motifs is 1. The number of anilines is 5. The molecule has 44 heavy (non-hydrogen) atoms. The van der Waals surface area contributed by atoms with E-state index in [0.29, 0.717) is 42.4 Å². The van der Waals surface area contributed by atoms with Crippen molar-refractivity contribution < 1.29 is 23.1 Å². The molecule has 3 N–H and O–H groups in total. The molecule has 5 rings (SSSR count). The zero-order valence-electron chi connectivity index (χ0n) is 24.1. The Bertz CT molecular complexity index is 1610. The summed E-state index contributed by atoms with van der Waals surface area (Å²) < 4.78 is 39.1. The van der Waals surface area contributed by atoms with Crippen molar-refractivity contribution in [3.05, 3.63) is 96.5 Å². The highest BCUT2D eigenvalue weighted by Crippen LogP contribution is 2.37. The Hall–Kier alpha value is -4.79. The van der Waals surface area contributed by atoms with Crippen molar-refractivity contribution in [1.82, 2.24) is 29.5 Å². The van der Waals surface area contributed by atoms with Crippen molar-refractivity contribution >= 4 is 34.7 Å². The van der Waals surface area contributed by atoms with E-state index in [1.165, 1.54) is 18.5 Å². The number of aliphatic hydroxyl groups excluding tert-OH is 1. The summed E-state index contributed by atoms with van der Waals surface area (Å²) in [5.41, 5.74) is 3.05. The Balaban J connectivity index is 1.45. The normalized spacial score (nSPS) is 15.5. The maximum Gasteiger partial charge on any atom is 0.408 e. The van der Waals surface area contributed by atoms with Crippen molar-refractivity contribution in [2.24, 2.45) is 0 Å². The van der Waals surface area contributed by atoms with Gasteiger partial charge >= 0.3 is 6.18 Å². The van der Waals surface area contributed by atoms with E-state index < -0.39 is 19.1 Å². The molecule has 230 valence electrons. The Morgan fingerprint density at radius 1 is 1.11 bits per heavy atom. The van der Waals surface area contributed by atoms with Crippen LogP contribution in [-0.2, 0) is 24.4 Å². The molecule has 0 saturated carbocycles. The van der Waals surface area contributed by atoms with Crippen molar-refractivity contribution in [3.8, 4) is 0 Å². The molecule has 1 atom stereocenters. The Kier molecular flexibility index (Phi) is 9.23. The van der Waals surface area contributed by atoms with Crippen LogP contribution in [0.15, 0.2) is 85.3 Å². The van der Waals surface area contributed by atoms with Gasteiger partial charge in [0.2, 0.25) is 11.9 Å². The SMILES string of the molecule is CN(C)C/C=C/C(=O)Nc1cccc(N2c3nc(Nc4cnn(CC(F)(F)F)c4)ncc3CN(Cc3ccccc3)C2O)c1. The minimum atomic E-state index is -4.41. The monoisotopic (exact) mass is 607 g/mol. The molecule has 1 unspecified atom stereocenters. The summed E-state index contributed by atoms with van der Waals surface area (Å²) in [6.45, 7) is 0.151. The zero-order chi connectivity index (χ0) is 31.3.